The summed E-state index contributed by atoms with van der Waals surface area (Å²) in [6.45, 7) is 2.97. The summed E-state index contributed by atoms with van der Waals surface area (Å²) >= 11 is 0. The fraction of sp³-hybridized carbons (Fsp3) is 0.200. The Morgan fingerprint density at radius 1 is 0.897 bits per heavy atom. The lowest BCUT2D eigenvalue weighted by Crippen LogP contribution is -2.37. The van der Waals surface area contributed by atoms with Crippen molar-refractivity contribution in [3.8, 4) is 11.3 Å². The number of morpholine rings is 1. The number of ether oxygens (including phenoxy) is 1. The fourth-order valence-corrected chi connectivity index (χ4v) is 3.21. The van der Waals surface area contributed by atoms with Gasteiger partial charge >= 0.3 is 0 Å². The van der Waals surface area contributed by atoms with E-state index in [0.29, 0.717) is 30.9 Å². The van der Waals surface area contributed by atoms with Crippen molar-refractivity contribution in [2.75, 3.05) is 36.5 Å². The van der Waals surface area contributed by atoms with Crippen molar-refractivity contribution in [1.29, 1.82) is 0 Å². The molecule has 3 aromatic heterocycles. The average Bonchev–Trinajstić information content (AvgIpc) is 2.80. The summed E-state index contributed by atoms with van der Waals surface area (Å²) < 4.78 is 5.42. The van der Waals surface area contributed by atoms with Gasteiger partial charge in [0.1, 0.15) is 12.1 Å². The number of rotatable bonds is 4. The molecule has 0 saturated carbocycles. The third-order valence-corrected chi connectivity index (χ3v) is 4.66. The van der Waals surface area contributed by atoms with Crippen LogP contribution < -0.4 is 10.2 Å². The van der Waals surface area contributed by atoms with E-state index in [1.807, 2.05) is 24.3 Å². The maximum atomic E-state index is 5.42. The highest BCUT2D eigenvalue weighted by Gasteiger charge is 2.15. The van der Waals surface area contributed by atoms with Gasteiger partial charge in [0.2, 0.25) is 11.9 Å². The third kappa shape index (κ3) is 3.67. The van der Waals surface area contributed by atoms with Crippen molar-refractivity contribution in [3.63, 3.8) is 0 Å². The molecule has 1 saturated heterocycles. The number of nitrogens with zero attached hydrogens (tertiary/aromatic N) is 7. The van der Waals surface area contributed by atoms with Crippen LogP contribution in [0, 0.1) is 0 Å². The molecule has 29 heavy (non-hydrogen) atoms. The Balaban J connectivity index is 1.52. The maximum Gasteiger partial charge on any atom is 0.228 e. The van der Waals surface area contributed by atoms with Crippen molar-refractivity contribution < 1.29 is 4.74 Å². The van der Waals surface area contributed by atoms with Crippen LogP contribution in [0.25, 0.3) is 22.2 Å². The van der Waals surface area contributed by atoms with E-state index >= 15 is 0 Å². The SMILES string of the molecule is c1cnc(Nc2ncnc3ccc(-c4ccnc(N5CCOCC5)n4)cc23)nc1. The van der Waals surface area contributed by atoms with E-state index < -0.39 is 0 Å². The summed E-state index contributed by atoms with van der Waals surface area (Å²) in [4.78, 5) is 28.5. The van der Waals surface area contributed by atoms with Crippen LogP contribution in [0.1, 0.15) is 0 Å². The van der Waals surface area contributed by atoms with Crippen molar-refractivity contribution in [2.24, 2.45) is 0 Å². The number of nitrogens with one attached hydrogen (secondary N) is 1. The summed E-state index contributed by atoms with van der Waals surface area (Å²) in [5.41, 5.74) is 2.63. The molecule has 1 N–H and O–H groups in total. The molecule has 9 nitrogen and oxygen atoms in total. The van der Waals surface area contributed by atoms with E-state index in [0.717, 1.165) is 35.2 Å². The summed E-state index contributed by atoms with van der Waals surface area (Å²) in [5, 5.41) is 4.03. The lowest BCUT2D eigenvalue weighted by Gasteiger charge is -2.26. The van der Waals surface area contributed by atoms with Gasteiger partial charge in [-0.15, -0.1) is 0 Å². The quantitative estimate of drug-likeness (QED) is 0.566. The molecule has 5 rings (SSSR count). The number of aromatic nitrogens is 6. The van der Waals surface area contributed by atoms with Crippen molar-refractivity contribution in [3.05, 3.63) is 55.2 Å². The first-order valence-electron chi connectivity index (χ1n) is 9.32. The minimum Gasteiger partial charge on any atom is -0.378 e. The molecule has 1 fully saturated rings. The van der Waals surface area contributed by atoms with E-state index in [1.165, 1.54) is 6.33 Å². The van der Waals surface area contributed by atoms with Gasteiger partial charge < -0.3 is 15.0 Å². The monoisotopic (exact) mass is 386 g/mol. The highest BCUT2D eigenvalue weighted by Crippen LogP contribution is 2.27. The molecule has 0 bridgehead atoms. The fourth-order valence-electron chi connectivity index (χ4n) is 3.21. The Bertz CT molecular complexity index is 1130. The van der Waals surface area contributed by atoms with Crippen molar-refractivity contribution >= 4 is 28.6 Å². The van der Waals surface area contributed by atoms with E-state index in [4.69, 9.17) is 9.72 Å². The maximum absolute atomic E-state index is 5.42. The Kier molecular flexibility index (Phi) is 4.63. The molecular formula is C20H18N8O. The van der Waals surface area contributed by atoms with Gasteiger partial charge in [0, 0.05) is 42.6 Å². The molecule has 0 atom stereocenters. The highest BCUT2D eigenvalue weighted by molar-refractivity contribution is 5.93. The van der Waals surface area contributed by atoms with Crippen LogP contribution in [0.5, 0.6) is 0 Å². The molecule has 144 valence electrons. The standard InChI is InChI=1S/C20H18N8O/c1-5-21-19(22-6-1)27-18-15-12-14(2-3-17(15)24-13-25-18)16-4-7-23-20(26-16)28-8-10-29-11-9-28/h1-7,12-13H,8-11H2,(H,21,22,24,25,27). The molecule has 4 heterocycles. The number of benzene rings is 1. The van der Waals surface area contributed by atoms with E-state index in [-0.39, 0.29) is 0 Å². The topological polar surface area (TPSA) is 102 Å². The molecule has 0 aliphatic carbocycles. The van der Waals surface area contributed by atoms with Gasteiger partial charge in [-0.3, -0.25) is 0 Å². The molecule has 1 aliphatic heterocycles. The van der Waals surface area contributed by atoms with Crippen LogP contribution in [0.15, 0.2) is 55.2 Å². The molecular weight excluding hydrogens is 368 g/mol. The smallest absolute Gasteiger partial charge is 0.228 e. The van der Waals surface area contributed by atoms with Gasteiger partial charge in [0.25, 0.3) is 0 Å². The van der Waals surface area contributed by atoms with Crippen LogP contribution in [-0.2, 0) is 4.74 Å². The molecule has 0 radical (unpaired) electrons. The predicted molar refractivity (Wildman–Crippen MR) is 109 cm³/mol. The molecule has 4 aromatic rings. The van der Waals surface area contributed by atoms with Gasteiger partial charge in [-0.2, -0.15) is 0 Å². The molecule has 1 aliphatic rings. The molecule has 0 spiro atoms. The first-order chi connectivity index (χ1) is 14.4. The van der Waals surface area contributed by atoms with Crippen LogP contribution in [0.3, 0.4) is 0 Å². The minimum atomic E-state index is 0.481. The lowest BCUT2D eigenvalue weighted by atomic mass is 10.1. The summed E-state index contributed by atoms with van der Waals surface area (Å²) in [7, 11) is 0. The van der Waals surface area contributed by atoms with Gasteiger partial charge in [-0.05, 0) is 24.3 Å². The van der Waals surface area contributed by atoms with Crippen LogP contribution in [0.4, 0.5) is 17.7 Å². The first kappa shape index (κ1) is 17.4. The zero-order chi connectivity index (χ0) is 19.5. The third-order valence-electron chi connectivity index (χ3n) is 4.66. The molecule has 9 heteroatoms. The number of fused-ring (bicyclic) bond motifs is 1. The van der Waals surface area contributed by atoms with E-state index in [9.17, 15) is 0 Å². The second-order valence-electron chi connectivity index (χ2n) is 6.49. The summed E-state index contributed by atoms with van der Waals surface area (Å²) in [6.07, 6.45) is 6.67. The molecule has 0 amide bonds. The largest absolute Gasteiger partial charge is 0.378 e. The number of hydrogen-bond donors (Lipinski definition) is 1. The highest BCUT2D eigenvalue weighted by atomic mass is 16.5. The Hall–Kier alpha value is -3.72. The van der Waals surface area contributed by atoms with E-state index in [1.54, 1.807) is 24.7 Å². The normalized spacial score (nSPS) is 14.1. The molecule has 1 aromatic carbocycles. The number of hydrogen-bond acceptors (Lipinski definition) is 9. The second kappa shape index (κ2) is 7.72. The van der Waals surface area contributed by atoms with Crippen molar-refractivity contribution in [2.45, 2.75) is 0 Å². The molecule has 0 unspecified atom stereocenters. The van der Waals surface area contributed by atoms with E-state index in [2.05, 4.69) is 35.1 Å². The summed E-state index contributed by atoms with van der Waals surface area (Å²) in [5.74, 6) is 1.84. The number of anilines is 3. The van der Waals surface area contributed by atoms with Gasteiger partial charge in [-0.1, -0.05) is 6.07 Å². The van der Waals surface area contributed by atoms with Gasteiger partial charge in [0.15, 0.2) is 0 Å². The Morgan fingerprint density at radius 3 is 2.62 bits per heavy atom. The Morgan fingerprint density at radius 2 is 1.76 bits per heavy atom. The average molecular weight is 386 g/mol. The summed E-state index contributed by atoms with van der Waals surface area (Å²) in [6, 6.07) is 9.65. The van der Waals surface area contributed by atoms with Crippen LogP contribution >= 0.6 is 0 Å². The zero-order valence-electron chi connectivity index (χ0n) is 15.6. The first-order valence-corrected chi connectivity index (χ1v) is 9.32. The lowest BCUT2D eigenvalue weighted by molar-refractivity contribution is 0.122. The predicted octanol–water partition coefficient (Wildman–Crippen LogP) is 2.46. The zero-order valence-corrected chi connectivity index (χ0v) is 15.6. The van der Waals surface area contributed by atoms with Gasteiger partial charge in [-0.25, -0.2) is 29.9 Å². The van der Waals surface area contributed by atoms with Crippen LogP contribution in [-0.4, -0.2) is 56.2 Å². The van der Waals surface area contributed by atoms with Gasteiger partial charge in [0.05, 0.1) is 24.4 Å². The van der Waals surface area contributed by atoms with Crippen molar-refractivity contribution in [1.82, 2.24) is 29.9 Å². The second-order valence-corrected chi connectivity index (χ2v) is 6.49. The Labute approximate surface area is 166 Å². The van der Waals surface area contributed by atoms with Crippen LogP contribution in [0.2, 0.25) is 0 Å². The minimum absolute atomic E-state index is 0.481.